The first-order chi connectivity index (χ1) is 7.02. The number of hydrogen-bond donors (Lipinski definition) is 0. The number of hydrogen-bond acceptors (Lipinski definition) is 5. The van der Waals surface area contributed by atoms with Gasteiger partial charge in [0.1, 0.15) is 5.02 Å². The Balaban J connectivity index is 2.93. The molecule has 0 saturated heterocycles. The van der Waals surface area contributed by atoms with E-state index in [0.29, 0.717) is 0 Å². The van der Waals surface area contributed by atoms with Crippen molar-refractivity contribution in [2.45, 2.75) is 0 Å². The van der Waals surface area contributed by atoms with Gasteiger partial charge in [0.05, 0.1) is 4.92 Å². The van der Waals surface area contributed by atoms with Gasteiger partial charge in [-0.25, -0.2) is 0 Å². The maximum Gasteiger partial charge on any atom is 0.311 e. The van der Waals surface area contributed by atoms with Crippen molar-refractivity contribution in [1.29, 1.82) is 0 Å². The average Bonchev–Trinajstić information content (AvgIpc) is 2.46. The number of aromatic nitrogens is 2. The zero-order valence-corrected chi connectivity index (χ0v) is 8.32. The predicted molar refractivity (Wildman–Crippen MR) is 49.6 cm³/mol. The van der Waals surface area contributed by atoms with Crippen LogP contribution < -0.4 is 4.90 Å². The highest BCUT2D eigenvalue weighted by Gasteiger charge is 2.27. The molecule has 2 rings (SSSR count). The molecular formula is C6HCl2N3O4. The van der Waals surface area contributed by atoms with Crippen molar-refractivity contribution in [1.82, 2.24) is 5.16 Å². The summed E-state index contributed by atoms with van der Waals surface area (Å²) in [5, 5.41) is 24.3. The van der Waals surface area contributed by atoms with Gasteiger partial charge in [0, 0.05) is 11.2 Å². The van der Waals surface area contributed by atoms with Crippen LogP contribution in [0.3, 0.4) is 0 Å². The first-order valence-electron chi connectivity index (χ1n) is 3.54. The fourth-order valence-electron chi connectivity index (χ4n) is 1.12. The first-order valence-corrected chi connectivity index (χ1v) is 4.29. The molecule has 0 aliphatic rings. The summed E-state index contributed by atoms with van der Waals surface area (Å²) in [7, 11) is 0. The van der Waals surface area contributed by atoms with Crippen LogP contribution >= 0.6 is 23.2 Å². The molecule has 0 amide bonds. The van der Waals surface area contributed by atoms with Crippen molar-refractivity contribution >= 4 is 39.9 Å². The monoisotopic (exact) mass is 249 g/mol. The summed E-state index contributed by atoms with van der Waals surface area (Å²) in [6, 6.07) is 1.14. The Bertz CT molecular complexity index is 567. The van der Waals surface area contributed by atoms with Crippen LogP contribution in [0.25, 0.3) is 11.0 Å². The molecule has 1 aromatic heterocycles. The number of nitrogens with zero attached hydrogens (tertiary/aromatic N) is 3. The van der Waals surface area contributed by atoms with Crippen molar-refractivity contribution < 1.29 is 14.5 Å². The number of nitro benzene ring substituents is 1. The topological polar surface area (TPSA) is 96.1 Å². The van der Waals surface area contributed by atoms with Crippen LogP contribution in [-0.2, 0) is 0 Å². The molecule has 78 valence electrons. The summed E-state index contributed by atoms with van der Waals surface area (Å²) in [5.74, 6) is 0. The van der Waals surface area contributed by atoms with Crippen molar-refractivity contribution in [2.75, 3.05) is 0 Å². The largest absolute Gasteiger partial charge is 0.359 e. The Morgan fingerprint density at radius 2 is 2.20 bits per heavy atom. The van der Waals surface area contributed by atoms with Crippen LogP contribution in [0.1, 0.15) is 0 Å². The van der Waals surface area contributed by atoms with Crippen molar-refractivity contribution in [2.24, 2.45) is 0 Å². The molecule has 0 N–H and O–H groups in total. The van der Waals surface area contributed by atoms with Gasteiger partial charge in [-0.1, -0.05) is 23.2 Å². The van der Waals surface area contributed by atoms with Gasteiger partial charge in [-0.05, 0) is 4.90 Å². The van der Waals surface area contributed by atoms with Gasteiger partial charge in [0.15, 0.2) is 5.02 Å². The van der Waals surface area contributed by atoms with E-state index in [1.54, 1.807) is 0 Å². The molecule has 9 heteroatoms. The third-order valence-electron chi connectivity index (χ3n) is 1.73. The van der Waals surface area contributed by atoms with Crippen molar-refractivity contribution in [3.63, 3.8) is 0 Å². The molecule has 7 nitrogen and oxygen atoms in total. The third-order valence-corrected chi connectivity index (χ3v) is 2.37. The average molecular weight is 250 g/mol. The van der Waals surface area contributed by atoms with E-state index in [1.807, 2.05) is 0 Å². The molecule has 0 saturated carbocycles. The number of nitro groups is 1. The number of benzene rings is 1. The lowest BCUT2D eigenvalue weighted by Gasteiger charge is -1.96. The lowest BCUT2D eigenvalue weighted by molar-refractivity contribution is -0.782. The summed E-state index contributed by atoms with van der Waals surface area (Å²) in [6.07, 6.45) is 0. The smallest absolute Gasteiger partial charge is 0.311 e. The Hall–Kier alpha value is -1.60. The second kappa shape index (κ2) is 3.21. The Kier molecular flexibility index (Phi) is 2.13. The van der Waals surface area contributed by atoms with Crippen LogP contribution in [0.2, 0.25) is 10.0 Å². The molecule has 0 radical (unpaired) electrons. The summed E-state index contributed by atoms with van der Waals surface area (Å²) >= 11 is 11.2. The van der Waals surface area contributed by atoms with Gasteiger partial charge >= 0.3 is 5.69 Å². The molecule has 2 aromatic rings. The first kappa shape index (κ1) is 9.94. The summed E-state index contributed by atoms with van der Waals surface area (Å²) in [5.41, 5.74) is -0.697. The molecule has 1 aromatic carbocycles. The highest BCUT2D eigenvalue weighted by molar-refractivity contribution is 6.41. The van der Waals surface area contributed by atoms with Crippen LogP contribution in [0.4, 0.5) is 5.69 Å². The molecule has 15 heavy (non-hydrogen) atoms. The lowest BCUT2D eigenvalue weighted by atomic mass is 10.3. The number of rotatable bonds is 1. The Morgan fingerprint density at radius 3 is 2.80 bits per heavy atom. The minimum absolute atomic E-state index is 0.0129. The molecule has 1 heterocycles. The highest BCUT2D eigenvalue weighted by atomic mass is 35.5. The quantitative estimate of drug-likeness (QED) is 0.435. The molecule has 0 atom stereocenters. The highest BCUT2D eigenvalue weighted by Crippen LogP contribution is 2.36. The fourth-order valence-corrected chi connectivity index (χ4v) is 1.77. The van der Waals surface area contributed by atoms with Crippen LogP contribution in [0.15, 0.2) is 10.7 Å². The van der Waals surface area contributed by atoms with Gasteiger partial charge in [-0.2, -0.15) is 0 Å². The maximum atomic E-state index is 11.0. The van der Waals surface area contributed by atoms with Gasteiger partial charge in [-0.3, -0.25) is 14.7 Å². The fraction of sp³-hybridized carbons (Fsp3) is 0. The zero-order valence-electron chi connectivity index (χ0n) is 6.81. The summed E-state index contributed by atoms with van der Waals surface area (Å²) in [4.78, 5) is 9.80. The SMILES string of the molecule is O=[N+]([O-])c1c(Cl)cc2no[n+]([O-])c2c1Cl. The normalized spacial score (nSPS) is 10.8. The van der Waals surface area contributed by atoms with E-state index in [4.69, 9.17) is 23.2 Å². The van der Waals surface area contributed by atoms with E-state index in [1.165, 1.54) is 0 Å². The van der Waals surface area contributed by atoms with E-state index in [2.05, 4.69) is 9.79 Å². The standard InChI is InChI=1S/C6HCl2N3O4/c7-2-1-3-6(11(14)15-9-3)4(8)5(2)10(12)13/h1H. The number of fused-ring (bicyclic) bond motifs is 1. The van der Waals surface area contributed by atoms with Crippen LogP contribution in [-0.4, -0.2) is 10.1 Å². The summed E-state index contributed by atoms with van der Waals surface area (Å²) < 4.78 is 4.23. The maximum absolute atomic E-state index is 11.0. The van der Waals surface area contributed by atoms with Gasteiger partial charge in [0.25, 0.3) is 11.0 Å². The summed E-state index contributed by atoms with van der Waals surface area (Å²) in [6.45, 7) is 0. The van der Waals surface area contributed by atoms with Gasteiger partial charge in [0.2, 0.25) is 0 Å². The van der Waals surface area contributed by atoms with E-state index < -0.39 is 15.6 Å². The van der Waals surface area contributed by atoms with Gasteiger partial charge in [-0.15, -0.1) is 0 Å². The lowest BCUT2D eigenvalue weighted by Crippen LogP contribution is -2.23. The third kappa shape index (κ3) is 1.36. The van der Waals surface area contributed by atoms with Crippen molar-refractivity contribution in [3.05, 3.63) is 31.4 Å². The van der Waals surface area contributed by atoms with Crippen LogP contribution in [0, 0.1) is 15.3 Å². The van der Waals surface area contributed by atoms with E-state index in [0.717, 1.165) is 6.07 Å². The van der Waals surface area contributed by atoms with E-state index >= 15 is 0 Å². The molecule has 0 unspecified atom stereocenters. The molecule has 0 aliphatic carbocycles. The minimum atomic E-state index is -0.781. The van der Waals surface area contributed by atoms with Crippen LogP contribution in [0.5, 0.6) is 0 Å². The predicted octanol–water partition coefficient (Wildman–Crippen LogP) is 1.68. The Morgan fingerprint density at radius 1 is 1.53 bits per heavy atom. The molecule has 0 aliphatic heterocycles. The van der Waals surface area contributed by atoms with E-state index in [-0.39, 0.29) is 21.0 Å². The minimum Gasteiger partial charge on any atom is -0.359 e. The molecular weight excluding hydrogens is 249 g/mol. The van der Waals surface area contributed by atoms with E-state index in [9.17, 15) is 15.3 Å². The Labute approximate surface area is 91.5 Å². The molecule has 0 bridgehead atoms. The van der Waals surface area contributed by atoms with Gasteiger partial charge < -0.3 is 5.21 Å². The molecule has 0 fully saturated rings. The second-order valence-electron chi connectivity index (χ2n) is 2.58. The zero-order chi connectivity index (χ0) is 11.2. The molecule has 0 spiro atoms. The second-order valence-corrected chi connectivity index (χ2v) is 3.36. The van der Waals surface area contributed by atoms with Crippen molar-refractivity contribution in [3.8, 4) is 0 Å². The number of halogens is 2.